The summed E-state index contributed by atoms with van der Waals surface area (Å²) in [5.74, 6) is 0.541. The van der Waals surface area contributed by atoms with Gasteiger partial charge in [0.15, 0.2) is 0 Å². The number of methoxy groups -OCH3 is 1. The number of pyridine rings is 1. The number of aromatic nitrogens is 1. The van der Waals surface area contributed by atoms with Crippen molar-refractivity contribution in [1.82, 2.24) is 4.98 Å². The monoisotopic (exact) mass is 467 g/mol. The molecule has 170 valence electrons. The van der Waals surface area contributed by atoms with E-state index < -0.39 is 0 Å². The molecule has 6 heteroatoms. The molecule has 1 aliphatic rings. The number of anilines is 1. The first kappa shape index (κ1) is 22.1. The minimum absolute atomic E-state index is 0.223. The lowest BCUT2D eigenvalue weighted by Gasteiger charge is -2.11. The summed E-state index contributed by atoms with van der Waals surface area (Å²) in [6.45, 7) is 0. The van der Waals surface area contributed by atoms with Crippen LogP contribution in [-0.2, 0) is 12.8 Å². The van der Waals surface area contributed by atoms with Crippen LogP contribution in [-0.4, -0.2) is 18.0 Å². The number of hydrogen-bond donors (Lipinski definition) is 1. The highest BCUT2D eigenvalue weighted by molar-refractivity contribution is 7.16. The molecule has 0 radical (unpaired) electrons. The van der Waals surface area contributed by atoms with Crippen LogP contribution >= 0.6 is 11.3 Å². The Morgan fingerprint density at radius 2 is 1.82 bits per heavy atom. The summed E-state index contributed by atoms with van der Waals surface area (Å²) in [7, 11) is 1.63. The fraction of sp³-hybridized carbons (Fsp3) is 0.250. The number of thiophene rings is 1. The fourth-order valence-corrected chi connectivity index (χ4v) is 5.80. The second kappa shape index (κ2) is 9.66. The quantitative estimate of drug-likeness (QED) is 0.360. The number of rotatable bonds is 4. The van der Waals surface area contributed by atoms with Crippen molar-refractivity contribution >= 4 is 33.1 Å². The summed E-state index contributed by atoms with van der Waals surface area (Å²) >= 11 is 1.56. The molecule has 5 nitrogen and oxygen atoms in total. The SMILES string of the molecule is COc1ccc(-c2cc(C(=O)Nc3sc4c(c3C#N)CCCCCC4)c3ccccc3n2)cc1. The predicted octanol–water partition coefficient (Wildman–Crippen LogP) is 6.75. The minimum atomic E-state index is -0.223. The van der Waals surface area contributed by atoms with E-state index in [0.29, 0.717) is 21.8 Å². The maximum Gasteiger partial charge on any atom is 0.257 e. The largest absolute Gasteiger partial charge is 0.497 e. The fourth-order valence-electron chi connectivity index (χ4n) is 4.57. The predicted molar refractivity (Wildman–Crippen MR) is 137 cm³/mol. The highest BCUT2D eigenvalue weighted by atomic mass is 32.1. The van der Waals surface area contributed by atoms with Crippen LogP contribution in [0.1, 0.15) is 52.0 Å². The van der Waals surface area contributed by atoms with Gasteiger partial charge < -0.3 is 10.1 Å². The van der Waals surface area contributed by atoms with Crippen LogP contribution in [0, 0.1) is 11.3 Å². The highest BCUT2D eigenvalue weighted by Gasteiger charge is 2.22. The molecule has 0 bridgehead atoms. The Kier molecular flexibility index (Phi) is 6.29. The molecule has 1 N–H and O–H groups in total. The standard InChI is InChI=1S/C28H25N3O2S/c1-33-19-14-12-18(13-15-19)25-16-22(20-8-6-7-10-24(20)30-25)27(32)31-28-23(17-29)21-9-4-2-3-5-11-26(21)34-28/h6-8,10,12-16H,2-5,9,11H2,1H3,(H,31,32). The van der Waals surface area contributed by atoms with E-state index in [0.717, 1.165) is 53.5 Å². The summed E-state index contributed by atoms with van der Waals surface area (Å²) in [5.41, 5.74) is 4.66. The van der Waals surface area contributed by atoms with Crippen molar-refractivity contribution in [2.45, 2.75) is 38.5 Å². The van der Waals surface area contributed by atoms with Crippen LogP contribution < -0.4 is 10.1 Å². The summed E-state index contributed by atoms with van der Waals surface area (Å²) in [6, 6.07) is 19.5. The van der Waals surface area contributed by atoms with Gasteiger partial charge >= 0.3 is 0 Å². The molecule has 0 saturated carbocycles. The van der Waals surface area contributed by atoms with Crippen LogP contribution in [0.4, 0.5) is 5.00 Å². The molecular formula is C28H25N3O2S. The van der Waals surface area contributed by atoms with Crippen LogP contribution in [0.5, 0.6) is 5.75 Å². The number of carbonyl (C=O) groups is 1. The minimum Gasteiger partial charge on any atom is -0.497 e. The lowest BCUT2D eigenvalue weighted by molar-refractivity contribution is 0.102. The average Bonchev–Trinajstić information content (AvgIpc) is 3.18. The Balaban J connectivity index is 1.54. The molecule has 2 aromatic heterocycles. The van der Waals surface area contributed by atoms with Crippen LogP contribution in [0.25, 0.3) is 22.2 Å². The van der Waals surface area contributed by atoms with Gasteiger partial charge in [-0.3, -0.25) is 4.79 Å². The summed E-state index contributed by atoms with van der Waals surface area (Å²) in [4.78, 5) is 19.6. The molecule has 0 atom stereocenters. The molecule has 0 unspecified atom stereocenters. The summed E-state index contributed by atoms with van der Waals surface area (Å²) < 4.78 is 5.27. The molecule has 0 aliphatic heterocycles. The third kappa shape index (κ3) is 4.27. The van der Waals surface area contributed by atoms with Crippen molar-refractivity contribution in [3.05, 3.63) is 76.2 Å². The van der Waals surface area contributed by atoms with Gasteiger partial charge in [-0.05, 0) is 67.6 Å². The van der Waals surface area contributed by atoms with Crippen molar-refractivity contribution in [2.24, 2.45) is 0 Å². The van der Waals surface area contributed by atoms with E-state index >= 15 is 0 Å². The van der Waals surface area contributed by atoms with E-state index in [1.54, 1.807) is 18.4 Å². The second-order valence-electron chi connectivity index (χ2n) is 8.49. The molecule has 5 rings (SSSR count). The Labute approximate surface area is 203 Å². The molecule has 2 aromatic carbocycles. The molecule has 34 heavy (non-hydrogen) atoms. The molecule has 1 aliphatic carbocycles. The van der Waals surface area contributed by atoms with Crippen molar-refractivity contribution in [1.29, 1.82) is 5.26 Å². The van der Waals surface area contributed by atoms with Gasteiger partial charge in [-0.1, -0.05) is 31.0 Å². The number of nitriles is 1. The van der Waals surface area contributed by atoms with Gasteiger partial charge in [0.2, 0.25) is 0 Å². The normalized spacial score (nSPS) is 13.4. The number of amides is 1. The number of nitrogens with one attached hydrogen (secondary N) is 1. The summed E-state index contributed by atoms with van der Waals surface area (Å²) in [5, 5.41) is 14.4. The van der Waals surface area contributed by atoms with Crippen molar-refractivity contribution in [3.8, 4) is 23.1 Å². The van der Waals surface area contributed by atoms with E-state index in [-0.39, 0.29) is 5.91 Å². The van der Waals surface area contributed by atoms with Crippen LogP contribution in [0.15, 0.2) is 54.6 Å². The zero-order chi connectivity index (χ0) is 23.5. The molecule has 0 spiro atoms. The summed E-state index contributed by atoms with van der Waals surface area (Å²) in [6.07, 6.45) is 6.52. The van der Waals surface area contributed by atoms with E-state index in [1.165, 1.54) is 17.7 Å². The first-order valence-corrected chi connectivity index (χ1v) is 12.4. The van der Waals surface area contributed by atoms with Crippen molar-refractivity contribution < 1.29 is 9.53 Å². The van der Waals surface area contributed by atoms with Crippen molar-refractivity contribution in [3.63, 3.8) is 0 Å². The van der Waals surface area contributed by atoms with Gasteiger partial charge in [0.05, 0.1) is 29.4 Å². The smallest absolute Gasteiger partial charge is 0.257 e. The molecular weight excluding hydrogens is 442 g/mol. The first-order valence-electron chi connectivity index (χ1n) is 11.6. The number of para-hydroxylation sites is 1. The number of nitrogens with zero attached hydrogens (tertiary/aromatic N) is 2. The lowest BCUT2D eigenvalue weighted by atomic mass is 9.97. The van der Waals surface area contributed by atoms with Gasteiger partial charge in [0, 0.05) is 15.8 Å². The number of aryl methyl sites for hydroxylation is 1. The number of ether oxygens (including phenoxy) is 1. The number of hydrogen-bond acceptors (Lipinski definition) is 5. The topological polar surface area (TPSA) is 75.0 Å². The van der Waals surface area contributed by atoms with E-state index in [1.807, 2.05) is 54.6 Å². The molecule has 4 aromatic rings. The lowest BCUT2D eigenvalue weighted by Crippen LogP contribution is -2.13. The molecule has 0 fully saturated rings. The highest BCUT2D eigenvalue weighted by Crippen LogP contribution is 2.37. The van der Waals surface area contributed by atoms with E-state index in [2.05, 4.69) is 11.4 Å². The van der Waals surface area contributed by atoms with Gasteiger partial charge in [0.25, 0.3) is 5.91 Å². The van der Waals surface area contributed by atoms with Crippen LogP contribution in [0.3, 0.4) is 0 Å². The van der Waals surface area contributed by atoms with Gasteiger partial charge in [-0.2, -0.15) is 5.26 Å². The van der Waals surface area contributed by atoms with Gasteiger partial charge in [-0.15, -0.1) is 11.3 Å². The zero-order valence-corrected chi connectivity index (χ0v) is 19.9. The Hall–Kier alpha value is -3.69. The number of fused-ring (bicyclic) bond motifs is 2. The first-order chi connectivity index (χ1) is 16.7. The zero-order valence-electron chi connectivity index (χ0n) is 19.1. The maximum atomic E-state index is 13.6. The molecule has 0 saturated heterocycles. The molecule has 1 amide bonds. The third-order valence-corrected chi connectivity index (χ3v) is 7.56. The average molecular weight is 468 g/mol. The van der Waals surface area contributed by atoms with Crippen molar-refractivity contribution in [2.75, 3.05) is 12.4 Å². The van der Waals surface area contributed by atoms with Gasteiger partial charge in [0.1, 0.15) is 16.8 Å². The van der Waals surface area contributed by atoms with Gasteiger partial charge in [-0.25, -0.2) is 4.98 Å². The second-order valence-corrected chi connectivity index (χ2v) is 9.59. The Morgan fingerprint density at radius 3 is 2.59 bits per heavy atom. The Morgan fingerprint density at radius 1 is 1.06 bits per heavy atom. The third-order valence-electron chi connectivity index (χ3n) is 6.36. The molecule has 2 heterocycles. The van der Waals surface area contributed by atoms with E-state index in [4.69, 9.17) is 9.72 Å². The number of benzene rings is 2. The van der Waals surface area contributed by atoms with E-state index in [9.17, 15) is 10.1 Å². The Bertz CT molecular complexity index is 1400. The number of carbonyl (C=O) groups excluding carboxylic acids is 1. The van der Waals surface area contributed by atoms with Crippen LogP contribution in [0.2, 0.25) is 0 Å². The maximum absolute atomic E-state index is 13.6.